The van der Waals surface area contributed by atoms with Crippen molar-refractivity contribution >= 4 is 28.4 Å². The number of benzene rings is 1. The zero-order valence-corrected chi connectivity index (χ0v) is 15.9. The van der Waals surface area contributed by atoms with Gasteiger partial charge in [0.05, 0.1) is 16.2 Å². The maximum absolute atomic E-state index is 12.5. The van der Waals surface area contributed by atoms with Crippen LogP contribution < -0.4 is 5.32 Å². The van der Waals surface area contributed by atoms with Crippen molar-refractivity contribution in [2.45, 2.75) is 18.9 Å². The minimum absolute atomic E-state index is 0.0216. The molecule has 4 rings (SSSR count). The molecule has 1 saturated heterocycles. The standard InChI is InChI=1S/C21H21ClN4O/c1-26-10-7-16(8-11-26)24-21(27)15-4-2-14(3-5-15)20-12-18(22)17-13-23-9-6-19(17)25-20/h2-6,9,12-13,16H,7-8,10-11H2,1H3,(H,24,27). The number of carbonyl (C=O) groups is 1. The van der Waals surface area contributed by atoms with Crippen LogP contribution in [-0.4, -0.2) is 47.0 Å². The minimum atomic E-state index is -0.0216. The number of pyridine rings is 2. The lowest BCUT2D eigenvalue weighted by Crippen LogP contribution is -2.43. The summed E-state index contributed by atoms with van der Waals surface area (Å²) in [4.78, 5) is 23.5. The van der Waals surface area contributed by atoms with Crippen molar-refractivity contribution < 1.29 is 4.79 Å². The third-order valence-corrected chi connectivity index (χ3v) is 5.37. The van der Waals surface area contributed by atoms with Crippen LogP contribution in [0.5, 0.6) is 0 Å². The van der Waals surface area contributed by atoms with Gasteiger partial charge in [0, 0.05) is 34.9 Å². The van der Waals surface area contributed by atoms with E-state index in [9.17, 15) is 4.79 Å². The third-order valence-electron chi connectivity index (χ3n) is 5.06. The van der Waals surface area contributed by atoms with E-state index < -0.39 is 0 Å². The fraction of sp³-hybridized carbons (Fsp3) is 0.286. The van der Waals surface area contributed by atoms with Gasteiger partial charge in [-0.1, -0.05) is 23.7 Å². The van der Waals surface area contributed by atoms with E-state index >= 15 is 0 Å². The van der Waals surface area contributed by atoms with Gasteiger partial charge in [-0.15, -0.1) is 0 Å². The Hall–Kier alpha value is -2.50. The van der Waals surface area contributed by atoms with Crippen molar-refractivity contribution in [2.24, 2.45) is 0 Å². The van der Waals surface area contributed by atoms with Crippen LogP contribution in [0.15, 0.2) is 48.8 Å². The summed E-state index contributed by atoms with van der Waals surface area (Å²) in [6, 6.07) is 11.4. The van der Waals surface area contributed by atoms with Crippen molar-refractivity contribution in [1.82, 2.24) is 20.2 Å². The van der Waals surface area contributed by atoms with Crippen molar-refractivity contribution in [3.05, 3.63) is 59.4 Å². The highest BCUT2D eigenvalue weighted by molar-refractivity contribution is 6.35. The van der Waals surface area contributed by atoms with Crippen LogP contribution in [-0.2, 0) is 0 Å². The molecular formula is C21H21ClN4O. The summed E-state index contributed by atoms with van der Waals surface area (Å²) in [5, 5.41) is 4.59. The molecular weight excluding hydrogens is 360 g/mol. The first kappa shape index (κ1) is 17.9. The molecule has 1 aromatic carbocycles. The Bertz CT molecular complexity index is 966. The molecule has 3 heterocycles. The zero-order chi connectivity index (χ0) is 18.8. The average molecular weight is 381 g/mol. The third kappa shape index (κ3) is 3.94. The smallest absolute Gasteiger partial charge is 0.251 e. The lowest BCUT2D eigenvalue weighted by atomic mass is 10.0. The molecule has 138 valence electrons. The second-order valence-electron chi connectivity index (χ2n) is 7.01. The molecule has 0 saturated carbocycles. The van der Waals surface area contributed by atoms with Gasteiger partial charge in [-0.25, -0.2) is 4.98 Å². The van der Waals surface area contributed by atoms with E-state index in [0.717, 1.165) is 48.1 Å². The summed E-state index contributed by atoms with van der Waals surface area (Å²) in [7, 11) is 2.11. The van der Waals surface area contributed by atoms with Crippen molar-refractivity contribution in [3.8, 4) is 11.3 Å². The number of aromatic nitrogens is 2. The lowest BCUT2D eigenvalue weighted by molar-refractivity contribution is 0.0917. The molecule has 6 heteroatoms. The van der Waals surface area contributed by atoms with Crippen LogP contribution in [0, 0.1) is 0 Å². The molecule has 0 bridgehead atoms. The van der Waals surface area contributed by atoms with Crippen LogP contribution in [0.25, 0.3) is 22.2 Å². The van der Waals surface area contributed by atoms with Crippen LogP contribution in [0.1, 0.15) is 23.2 Å². The van der Waals surface area contributed by atoms with Crippen molar-refractivity contribution in [2.75, 3.05) is 20.1 Å². The number of fused-ring (bicyclic) bond motifs is 1. The number of carbonyl (C=O) groups excluding carboxylic acids is 1. The van der Waals surface area contributed by atoms with Crippen LogP contribution in [0.3, 0.4) is 0 Å². The van der Waals surface area contributed by atoms with Crippen LogP contribution in [0.2, 0.25) is 5.02 Å². The molecule has 3 aromatic rings. The molecule has 0 unspecified atom stereocenters. The predicted octanol–water partition coefficient (Wildman–Crippen LogP) is 3.77. The number of rotatable bonds is 3. The summed E-state index contributed by atoms with van der Waals surface area (Å²) in [6.45, 7) is 2.04. The number of halogens is 1. The van der Waals surface area contributed by atoms with E-state index in [1.165, 1.54) is 0 Å². The average Bonchev–Trinajstić information content (AvgIpc) is 2.70. The number of nitrogens with one attached hydrogen (secondary N) is 1. The molecule has 0 spiro atoms. The molecule has 27 heavy (non-hydrogen) atoms. The molecule has 0 aliphatic carbocycles. The maximum atomic E-state index is 12.5. The van der Waals surface area contributed by atoms with Gasteiger partial charge in [0.1, 0.15) is 0 Å². The number of likely N-dealkylation sites (tertiary alicyclic amines) is 1. The van der Waals surface area contributed by atoms with Gasteiger partial charge in [-0.05, 0) is 57.2 Å². The molecule has 5 nitrogen and oxygen atoms in total. The molecule has 1 aliphatic heterocycles. The number of piperidine rings is 1. The molecule has 1 aliphatic rings. The fourth-order valence-corrected chi connectivity index (χ4v) is 3.64. The quantitative estimate of drug-likeness (QED) is 0.751. The summed E-state index contributed by atoms with van der Waals surface area (Å²) < 4.78 is 0. The van der Waals surface area contributed by atoms with E-state index in [0.29, 0.717) is 10.6 Å². The van der Waals surface area contributed by atoms with Crippen molar-refractivity contribution in [3.63, 3.8) is 0 Å². The molecule has 1 fully saturated rings. The Kier molecular flexibility index (Phi) is 5.05. The van der Waals surface area contributed by atoms with Gasteiger partial charge in [-0.2, -0.15) is 0 Å². The highest BCUT2D eigenvalue weighted by atomic mass is 35.5. The van der Waals surface area contributed by atoms with Gasteiger partial charge >= 0.3 is 0 Å². The molecule has 0 atom stereocenters. The first-order valence-electron chi connectivity index (χ1n) is 9.10. The summed E-state index contributed by atoms with van der Waals surface area (Å²) in [5.74, 6) is -0.0216. The van der Waals surface area contributed by atoms with Gasteiger partial charge < -0.3 is 10.2 Å². The van der Waals surface area contributed by atoms with E-state index in [-0.39, 0.29) is 11.9 Å². The van der Waals surface area contributed by atoms with E-state index in [1.54, 1.807) is 12.4 Å². The van der Waals surface area contributed by atoms with Gasteiger partial charge in [0.25, 0.3) is 5.91 Å². The van der Waals surface area contributed by atoms with E-state index in [4.69, 9.17) is 11.6 Å². The SMILES string of the molecule is CN1CCC(NC(=O)c2ccc(-c3cc(Cl)c4cnccc4n3)cc2)CC1. The largest absolute Gasteiger partial charge is 0.349 e. The second kappa shape index (κ2) is 7.62. The summed E-state index contributed by atoms with van der Waals surface area (Å²) >= 11 is 6.36. The molecule has 1 N–H and O–H groups in total. The number of amides is 1. The van der Waals surface area contributed by atoms with Crippen molar-refractivity contribution in [1.29, 1.82) is 0 Å². The summed E-state index contributed by atoms with van der Waals surface area (Å²) in [6.07, 6.45) is 5.40. The summed E-state index contributed by atoms with van der Waals surface area (Å²) in [5.41, 5.74) is 3.16. The Morgan fingerprint density at radius 2 is 1.93 bits per heavy atom. The normalized spacial score (nSPS) is 15.8. The van der Waals surface area contributed by atoms with Gasteiger partial charge in [-0.3, -0.25) is 9.78 Å². The Morgan fingerprint density at radius 3 is 2.67 bits per heavy atom. The number of hydrogen-bond donors (Lipinski definition) is 1. The zero-order valence-electron chi connectivity index (χ0n) is 15.2. The highest BCUT2D eigenvalue weighted by Crippen LogP contribution is 2.27. The number of hydrogen-bond acceptors (Lipinski definition) is 4. The minimum Gasteiger partial charge on any atom is -0.349 e. The van der Waals surface area contributed by atoms with E-state index in [1.807, 2.05) is 36.4 Å². The Morgan fingerprint density at radius 1 is 1.19 bits per heavy atom. The van der Waals surface area contributed by atoms with Gasteiger partial charge in [0.15, 0.2) is 0 Å². The predicted molar refractivity (Wildman–Crippen MR) is 108 cm³/mol. The maximum Gasteiger partial charge on any atom is 0.251 e. The number of nitrogens with zero attached hydrogens (tertiary/aromatic N) is 3. The molecule has 0 radical (unpaired) electrons. The molecule has 2 aromatic heterocycles. The van der Waals surface area contributed by atoms with E-state index in [2.05, 4.69) is 27.2 Å². The Balaban J connectivity index is 1.51. The first-order chi connectivity index (χ1) is 13.1. The lowest BCUT2D eigenvalue weighted by Gasteiger charge is -2.29. The van der Waals surface area contributed by atoms with Crippen LogP contribution in [0.4, 0.5) is 0 Å². The van der Waals surface area contributed by atoms with Gasteiger partial charge in [0.2, 0.25) is 0 Å². The second-order valence-corrected chi connectivity index (χ2v) is 7.42. The molecule has 1 amide bonds. The fourth-order valence-electron chi connectivity index (χ4n) is 3.39. The first-order valence-corrected chi connectivity index (χ1v) is 9.48. The Labute approximate surface area is 163 Å². The van der Waals surface area contributed by atoms with Crippen LogP contribution >= 0.6 is 11.6 Å². The monoisotopic (exact) mass is 380 g/mol. The highest BCUT2D eigenvalue weighted by Gasteiger charge is 2.19. The topological polar surface area (TPSA) is 58.1 Å².